The summed E-state index contributed by atoms with van der Waals surface area (Å²) in [7, 11) is 0. The summed E-state index contributed by atoms with van der Waals surface area (Å²) in [5, 5.41) is 3.01. The third kappa shape index (κ3) is 1.98. The van der Waals surface area contributed by atoms with Crippen LogP contribution in [0.15, 0.2) is 24.8 Å². The molecule has 0 radical (unpaired) electrons. The highest BCUT2D eigenvalue weighted by Crippen LogP contribution is 2.02. The summed E-state index contributed by atoms with van der Waals surface area (Å²) in [4.78, 5) is 14.8. The first-order valence-corrected chi connectivity index (χ1v) is 4.14. The van der Waals surface area contributed by atoms with Crippen molar-refractivity contribution in [3.63, 3.8) is 0 Å². The van der Waals surface area contributed by atoms with Gasteiger partial charge in [0.15, 0.2) is 0 Å². The molecule has 72 valence electrons. The van der Waals surface area contributed by atoms with Crippen LogP contribution >= 0.6 is 0 Å². The smallest absolute Gasteiger partial charge is 0.224 e. The summed E-state index contributed by atoms with van der Waals surface area (Å²) in [6, 6.07) is 1.64. The lowest BCUT2D eigenvalue weighted by atomic mass is 10.5. The molecule has 2 heterocycles. The first kappa shape index (κ1) is 8.49. The van der Waals surface area contributed by atoms with Crippen LogP contribution in [-0.4, -0.2) is 19.9 Å². The number of nitrogens with two attached hydrogens (primary N) is 1. The van der Waals surface area contributed by atoms with Crippen molar-refractivity contribution in [2.75, 3.05) is 11.1 Å². The number of nitrogens with one attached hydrogen (secondary N) is 2. The average Bonchev–Trinajstić information content (AvgIpc) is 2.67. The molecule has 0 aliphatic rings. The van der Waals surface area contributed by atoms with Crippen LogP contribution in [0.5, 0.6) is 0 Å². The highest BCUT2D eigenvalue weighted by molar-refractivity contribution is 5.35. The number of hydrogen-bond acceptors (Lipinski definition) is 5. The fourth-order valence-corrected chi connectivity index (χ4v) is 1.01. The lowest BCUT2D eigenvalue weighted by Crippen LogP contribution is -2.04. The number of H-pyrrole nitrogens is 1. The largest absolute Gasteiger partial charge is 0.384 e. The van der Waals surface area contributed by atoms with Crippen LogP contribution in [0.1, 0.15) is 5.69 Å². The van der Waals surface area contributed by atoms with Crippen LogP contribution in [-0.2, 0) is 6.54 Å². The fourth-order valence-electron chi connectivity index (χ4n) is 1.01. The molecule has 6 heteroatoms. The van der Waals surface area contributed by atoms with Gasteiger partial charge < -0.3 is 16.0 Å². The van der Waals surface area contributed by atoms with E-state index in [1.807, 2.05) is 0 Å². The summed E-state index contributed by atoms with van der Waals surface area (Å²) in [5.41, 5.74) is 6.46. The van der Waals surface area contributed by atoms with Crippen LogP contribution in [0.2, 0.25) is 0 Å². The normalized spacial score (nSPS) is 10.0. The number of rotatable bonds is 3. The molecular formula is C8H10N6. The maximum atomic E-state index is 5.50. The molecule has 0 atom stereocenters. The minimum Gasteiger partial charge on any atom is -0.384 e. The lowest BCUT2D eigenvalue weighted by molar-refractivity contribution is 1.02. The number of imidazole rings is 1. The Morgan fingerprint density at radius 2 is 2.43 bits per heavy atom. The second kappa shape index (κ2) is 3.73. The van der Waals surface area contributed by atoms with E-state index in [9.17, 15) is 0 Å². The maximum Gasteiger partial charge on any atom is 0.224 e. The predicted octanol–water partition coefficient (Wildman–Crippen LogP) is 0.394. The van der Waals surface area contributed by atoms with Crippen molar-refractivity contribution in [1.82, 2.24) is 19.9 Å². The molecule has 0 fully saturated rings. The summed E-state index contributed by atoms with van der Waals surface area (Å²) < 4.78 is 0. The van der Waals surface area contributed by atoms with Gasteiger partial charge in [0.1, 0.15) is 5.82 Å². The Morgan fingerprint density at radius 1 is 1.50 bits per heavy atom. The molecule has 0 saturated heterocycles. The number of nitrogens with zero attached hydrogens (tertiary/aromatic N) is 3. The lowest BCUT2D eigenvalue weighted by Gasteiger charge is -2.02. The first-order chi connectivity index (χ1) is 6.84. The molecule has 0 saturated carbocycles. The van der Waals surface area contributed by atoms with Crippen molar-refractivity contribution >= 4 is 11.8 Å². The maximum absolute atomic E-state index is 5.50. The van der Waals surface area contributed by atoms with Crippen molar-refractivity contribution in [3.8, 4) is 0 Å². The van der Waals surface area contributed by atoms with Gasteiger partial charge >= 0.3 is 0 Å². The zero-order valence-electron chi connectivity index (χ0n) is 7.44. The van der Waals surface area contributed by atoms with Crippen molar-refractivity contribution in [2.24, 2.45) is 0 Å². The van der Waals surface area contributed by atoms with E-state index in [2.05, 4.69) is 25.3 Å². The number of anilines is 2. The monoisotopic (exact) mass is 190 g/mol. The summed E-state index contributed by atoms with van der Waals surface area (Å²) in [6.07, 6.45) is 4.97. The van der Waals surface area contributed by atoms with Crippen LogP contribution in [0.25, 0.3) is 0 Å². The third-order valence-corrected chi connectivity index (χ3v) is 1.67. The number of aromatic nitrogens is 4. The zero-order valence-corrected chi connectivity index (χ0v) is 7.44. The molecule has 2 aromatic rings. The summed E-state index contributed by atoms with van der Waals surface area (Å²) in [5.74, 6) is 0.965. The minimum atomic E-state index is 0.451. The molecule has 0 aromatic carbocycles. The quantitative estimate of drug-likeness (QED) is 0.651. The van der Waals surface area contributed by atoms with Crippen LogP contribution in [0.3, 0.4) is 0 Å². The van der Waals surface area contributed by atoms with Gasteiger partial charge in [0, 0.05) is 12.4 Å². The van der Waals surface area contributed by atoms with E-state index >= 15 is 0 Å². The standard InChI is InChI=1S/C8H10N6/c9-7-1-2-11-8(14-7)12-4-6-3-10-5-13-6/h1-3,5H,4H2,(H,10,13)(H3,9,11,12,14). The van der Waals surface area contributed by atoms with Crippen LogP contribution in [0, 0.1) is 0 Å². The molecule has 6 nitrogen and oxygen atoms in total. The number of nitrogen functional groups attached to an aromatic ring is 1. The van der Waals surface area contributed by atoms with Crippen LogP contribution in [0.4, 0.5) is 11.8 Å². The molecule has 0 aliphatic carbocycles. The number of hydrogen-bond donors (Lipinski definition) is 3. The highest BCUT2D eigenvalue weighted by Gasteiger charge is 1.97. The van der Waals surface area contributed by atoms with Crippen molar-refractivity contribution in [2.45, 2.75) is 6.54 Å². The molecule has 0 unspecified atom stereocenters. The van der Waals surface area contributed by atoms with Gasteiger partial charge in [-0.2, -0.15) is 4.98 Å². The van der Waals surface area contributed by atoms with Gasteiger partial charge in [0.25, 0.3) is 0 Å². The van der Waals surface area contributed by atoms with Gasteiger partial charge in [-0.15, -0.1) is 0 Å². The molecule has 0 aliphatic heterocycles. The van der Waals surface area contributed by atoms with E-state index in [1.54, 1.807) is 24.8 Å². The average molecular weight is 190 g/mol. The molecule has 0 spiro atoms. The van der Waals surface area contributed by atoms with Crippen LogP contribution < -0.4 is 11.1 Å². The summed E-state index contributed by atoms with van der Waals surface area (Å²) in [6.45, 7) is 0.601. The highest BCUT2D eigenvalue weighted by atomic mass is 15.1. The Balaban J connectivity index is 1.98. The first-order valence-electron chi connectivity index (χ1n) is 4.14. The zero-order chi connectivity index (χ0) is 9.80. The second-order valence-electron chi connectivity index (χ2n) is 2.74. The predicted molar refractivity (Wildman–Crippen MR) is 52.4 cm³/mol. The van der Waals surface area contributed by atoms with Gasteiger partial charge in [0.05, 0.1) is 18.6 Å². The van der Waals surface area contributed by atoms with Gasteiger partial charge in [-0.25, -0.2) is 9.97 Å². The Labute approximate surface area is 80.6 Å². The van der Waals surface area contributed by atoms with E-state index in [4.69, 9.17) is 5.73 Å². The van der Waals surface area contributed by atoms with Crippen molar-refractivity contribution in [3.05, 3.63) is 30.5 Å². The molecule has 0 amide bonds. The van der Waals surface area contributed by atoms with E-state index in [0.29, 0.717) is 18.3 Å². The van der Waals surface area contributed by atoms with Gasteiger partial charge in [-0.1, -0.05) is 0 Å². The molecular weight excluding hydrogens is 180 g/mol. The Bertz CT molecular complexity index is 396. The third-order valence-electron chi connectivity index (χ3n) is 1.67. The van der Waals surface area contributed by atoms with Gasteiger partial charge in [-0.3, -0.25) is 0 Å². The minimum absolute atomic E-state index is 0.451. The van der Waals surface area contributed by atoms with E-state index in [-0.39, 0.29) is 0 Å². The van der Waals surface area contributed by atoms with Crippen molar-refractivity contribution < 1.29 is 0 Å². The Morgan fingerprint density at radius 3 is 3.14 bits per heavy atom. The molecule has 14 heavy (non-hydrogen) atoms. The Kier molecular flexibility index (Phi) is 2.26. The number of aromatic amines is 1. The van der Waals surface area contributed by atoms with Gasteiger partial charge in [0.2, 0.25) is 5.95 Å². The van der Waals surface area contributed by atoms with Crippen molar-refractivity contribution in [1.29, 1.82) is 0 Å². The second-order valence-corrected chi connectivity index (χ2v) is 2.74. The van der Waals surface area contributed by atoms with Gasteiger partial charge in [-0.05, 0) is 6.07 Å². The molecule has 4 N–H and O–H groups in total. The van der Waals surface area contributed by atoms with E-state index in [1.165, 1.54) is 0 Å². The van der Waals surface area contributed by atoms with E-state index < -0.39 is 0 Å². The fraction of sp³-hybridized carbons (Fsp3) is 0.125. The molecule has 2 rings (SSSR count). The Hall–Kier alpha value is -2.11. The molecule has 0 bridgehead atoms. The van der Waals surface area contributed by atoms with E-state index in [0.717, 1.165) is 5.69 Å². The topological polar surface area (TPSA) is 92.5 Å². The SMILES string of the molecule is Nc1ccnc(NCc2cnc[nH]2)n1. The summed E-state index contributed by atoms with van der Waals surface area (Å²) >= 11 is 0. The molecule has 2 aromatic heterocycles.